The topological polar surface area (TPSA) is 60.4 Å². The fourth-order valence-corrected chi connectivity index (χ4v) is 1.87. The lowest BCUT2D eigenvalue weighted by Gasteiger charge is -2.07. The summed E-state index contributed by atoms with van der Waals surface area (Å²) in [6, 6.07) is 3.46. The van der Waals surface area contributed by atoms with Crippen LogP contribution in [-0.4, -0.2) is 15.3 Å². The van der Waals surface area contributed by atoms with Gasteiger partial charge in [0.2, 0.25) is 0 Å². The Morgan fingerprint density at radius 3 is 2.94 bits per heavy atom. The van der Waals surface area contributed by atoms with Crippen molar-refractivity contribution in [3.63, 3.8) is 0 Å². The summed E-state index contributed by atoms with van der Waals surface area (Å²) in [5, 5.41) is 0. The van der Waals surface area contributed by atoms with Gasteiger partial charge >= 0.3 is 0 Å². The number of hydrogen-bond acceptors (Lipinski definition) is 3. The van der Waals surface area contributed by atoms with Crippen molar-refractivity contribution in [1.82, 2.24) is 9.38 Å². The van der Waals surface area contributed by atoms with Crippen molar-refractivity contribution < 1.29 is 0 Å². The Bertz CT molecular complexity index is 592. The molecule has 0 amide bonds. The maximum Gasteiger partial charge on any atom is 0.261 e. The fraction of sp³-hybridized carbons (Fsp3) is 0.273. The van der Waals surface area contributed by atoms with Gasteiger partial charge in [-0.2, -0.15) is 0 Å². The SMILES string of the molecule is Cc1nc2ccc(N)cn2c(=O)c1CCCl. The molecule has 0 radical (unpaired) electrons. The molecule has 4 nitrogen and oxygen atoms in total. The summed E-state index contributed by atoms with van der Waals surface area (Å²) in [5.74, 6) is 0.409. The van der Waals surface area contributed by atoms with Crippen molar-refractivity contribution in [2.45, 2.75) is 13.3 Å². The highest BCUT2D eigenvalue weighted by molar-refractivity contribution is 6.18. The van der Waals surface area contributed by atoms with E-state index in [0.29, 0.717) is 29.2 Å². The third kappa shape index (κ3) is 1.76. The summed E-state index contributed by atoms with van der Waals surface area (Å²) in [6.07, 6.45) is 2.11. The van der Waals surface area contributed by atoms with Gasteiger partial charge in [-0.1, -0.05) is 0 Å². The number of nitrogen functional groups attached to an aromatic ring is 1. The number of alkyl halides is 1. The molecule has 5 heteroatoms. The molecule has 84 valence electrons. The molecule has 0 aliphatic rings. The molecular formula is C11H12ClN3O. The quantitative estimate of drug-likeness (QED) is 0.803. The molecule has 2 aromatic rings. The molecule has 0 aliphatic heterocycles. The predicted octanol–water partition coefficient (Wildman–Crippen LogP) is 1.37. The zero-order valence-electron chi connectivity index (χ0n) is 8.90. The van der Waals surface area contributed by atoms with Gasteiger partial charge in [-0.25, -0.2) is 4.98 Å². The van der Waals surface area contributed by atoms with Gasteiger partial charge < -0.3 is 5.73 Å². The van der Waals surface area contributed by atoms with Gasteiger partial charge in [0, 0.05) is 29.0 Å². The highest BCUT2D eigenvalue weighted by Crippen LogP contribution is 2.07. The summed E-state index contributed by atoms with van der Waals surface area (Å²) < 4.78 is 1.46. The van der Waals surface area contributed by atoms with E-state index >= 15 is 0 Å². The second kappa shape index (κ2) is 4.14. The highest BCUT2D eigenvalue weighted by atomic mass is 35.5. The minimum Gasteiger partial charge on any atom is -0.398 e. The van der Waals surface area contributed by atoms with Crippen LogP contribution in [0.25, 0.3) is 5.65 Å². The molecule has 2 heterocycles. The van der Waals surface area contributed by atoms with Crippen LogP contribution in [0.1, 0.15) is 11.3 Å². The molecule has 16 heavy (non-hydrogen) atoms. The number of fused-ring (bicyclic) bond motifs is 1. The maximum atomic E-state index is 12.1. The van der Waals surface area contributed by atoms with Gasteiger partial charge in [0.1, 0.15) is 5.65 Å². The molecule has 0 unspecified atom stereocenters. The Hall–Kier alpha value is -1.55. The van der Waals surface area contributed by atoms with Gasteiger partial charge in [0.15, 0.2) is 0 Å². The Kier molecular flexibility index (Phi) is 2.83. The lowest BCUT2D eigenvalue weighted by molar-refractivity contribution is 0.940. The summed E-state index contributed by atoms with van der Waals surface area (Å²) in [4.78, 5) is 16.4. The molecule has 0 saturated carbocycles. The van der Waals surface area contributed by atoms with Gasteiger partial charge in [0.25, 0.3) is 5.56 Å². The van der Waals surface area contributed by atoms with Crippen molar-refractivity contribution in [3.8, 4) is 0 Å². The molecule has 0 bridgehead atoms. The third-order valence-electron chi connectivity index (χ3n) is 2.49. The zero-order chi connectivity index (χ0) is 11.7. The largest absolute Gasteiger partial charge is 0.398 e. The normalized spacial score (nSPS) is 10.9. The smallest absolute Gasteiger partial charge is 0.261 e. The van der Waals surface area contributed by atoms with Crippen LogP contribution in [0.15, 0.2) is 23.1 Å². The van der Waals surface area contributed by atoms with Crippen molar-refractivity contribution in [3.05, 3.63) is 39.9 Å². The standard InChI is InChI=1S/C11H12ClN3O/c1-7-9(4-5-12)11(16)15-6-8(13)2-3-10(15)14-7/h2-3,6H,4-5,13H2,1H3. The van der Waals surface area contributed by atoms with E-state index in [0.717, 1.165) is 5.69 Å². The van der Waals surface area contributed by atoms with Gasteiger partial charge in [-0.15, -0.1) is 11.6 Å². The number of hydrogen-bond donors (Lipinski definition) is 1. The second-order valence-corrected chi connectivity index (χ2v) is 3.99. The van der Waals surface area contributed by atoms with Crippen LogP contribution >= 0.6 is 11.6 Å². The summed E-state index contributed by atoms with van der Waals surface area (Å²) in [5.41, 5.74) is 8.08. The average Bonchev–Trinajstić information content (AvgIpc) is 2.26. The zero-order valence-corrected chi connectivity index (χ0v) is 9.66. The number of pyridine rings is 1. The van der Waals surface area contributed by atoms with Crippen LogP contribution in [0.2, 0.25) is 0 Å². The number of rotatable bonds is 2. The maximum absolute atomic E-state index is 12.1. The number of nitrogens with zero attached hydrogens (tertiary/aromatic N) is 2. The van der Waals surface area contributed by atoms with E-state index in [1.54, 1.807) is 18.3 Å². The summed E-state index contributed by atoms with van der Waals surface area (Å²) in [6.45, 7) is 1.82. The van der Waals surface area contributed by atoms with Crippen LogP contribution in [0.3, 0.4) is 0 Å². The molecule has 0 fully saturated rings. The van der Waals surface area contributed by atoms with Crippen LogP contribution in [0, 0.1) is 6.92 Å². The summed E-state index contributed by atoms with van der Waals surface area (Å²) >= 11 is 5.66. The minimum absolute atomic E-state index is 0.0875. The highest BCUT2D eigenvalue weighted by Gasteiger charge is 2.08. The Balaban J connectivity index is 2.80. The van der Waals surface area contributed by atoms with E-state index in [9.17, 15) is 4.79 Å². The monoisotopic (exact) mass is 237 g/mol. The van der Waals surface area contributed by atoms with Gasteiger partial charge in [-0.3, -0.25) is 9.20 Å². The first kappa shape index (κ1) is 11.0. The number of nitrogens with two attached hydrogens (primary N) is 1. The van der Waals surface area contributed by atoms with E-state index in [-0.39, 0.29) is 5.56 Å². The molecule has 0 aromatic carbocycles. The Morgan fingerprint density at radius 1 is 1.50 bits per heavy atom. The molecule has 0 spiro atoms. The van der Waals surface area contributed by atoms with E-state index in [2.05, 4.69) is 4.98 Å². The first-order valence-electron chi connectivity index (χ1n) is 4.97. The molecule has 0 aliphatic carbocycles. The van der Waals surface area contributed by atoms with Crippen molar-refractivity contribution in [1.29, 1.82) is 0 Å². The van der Waals surface area contributed by atoms with Crippen molar-refractivity contribution >= 4 is 22.9 Å². The molecule has 0 saturated heterocycles. The molecule has 0 atom stereocenters. The molecule has 2 N–H and O–H groups in total. The van der Waals surface area contributed by atoms with Gasteiger partial charge in [0.05, 0.1) is 0 Å². The van der Waals surface area contributed by atoms with E-state index in [1.165, 1.54) is 4.40 Å². The third-order valence-corrected chi connectivity index (χ3v) is 2.68. The van der Waals surface area contributed by atoms with Crippen molar-refractivity contribution in [2.75, 3.05) is 11.6 Å². The van der Waals surface area contributed by atoms with Gasteiger partial charge in [-0.05, 0) is 25.5 Å². The fourth-order valence-electron chi connectivity index (χ4n) is 1.68. The number of halogens is 1. The number of aryl methyl sites for hydroxylation is 1. The first-order valence-corrected chi connectivity index (χ1v) is 5.50. The van der Waals surface area contributed by atoms with E-state index in [4.69, 9.17) is 17.3 Å². The first-order chi connectivity index (χ1) is 7.63. The Labute approximate surface area is 97.7 Å². The minimum atomic E-state index is -0.0875. The molecular weight excluding hydrogens is 226 g/mol. The molecule has 2 aromatic heterocycles. The summed E-state index contributed by atoms with van der Waals surface area (Å²) in [7, 11) is 0. The van der Waals surface area contributed by atoms with Crippen LogP contribution in [0.4, 0.5) is 5.69 Å². The average molecular weight is 238 g/mol. The second-order valence-electron chi connectivity index (χ2n) is 3.61. The lowest BCUT2D eigenvalue weighted by Crippen LogP contribution is -2.22. The van der Waals surface area contributed by atoms with E-state index in [1.807, 2.05) is 6.92 Å². The predicted molar refractivity (Wildman–Crippen MR) is 65.0 cm³/mol. The molecule has 2 rings (SSSR count). The lowest BCUT2D eigenvalue weighted by atomic mass is 10.2. The number of anilines is 1. The number of aromatic nitrogens is 2. The van der Waals surface area contributed by atoms with Crippen LogP contribution < -0.4 is 11.3 Å². The van der Waals surface area contributed by atoms with Crippen LogP contribution in [0.5, 0.6) is 0 Å². The van der Waals surface area contributed by atoms with Crippen LogP contribution in [-0.2, 0) is 6.42 Å². The van der Waals surface area contributed by atoms with E-state index < -0.39 is 0 Å². The Morgan fingerprint density at radius 2 is 2.25 bits per heavy atom. The van der Waals surface area contributed by atoms with Crippen molar-refractivity contribution in [2.24, 2.45) is 0 Å².